The molecule has 7 aromatic carbocycles. The van der Waals surface area contributed by atoms with Gasteiger partial charge in [-0.15, -0.1) is 0 Å². The number of para-hydroxylation sites is 4. The minimum atomic E-state index is -0.151. The van der Waals surface area contributed by atoms with Gasteiger partial charge in [0.1, 0.15) is 24.0 Å². The molecule has 6 nitrogen and oxygen atoms in total. The van der Waals surface area contributed by atoms with Crippen LogP contribution in [0.3, 0.4) is 0 Å². The first-order valence-corrected chi connectivity index (χ1v) is 28.0. The van der Waals surface area contributed by atoms with Crippen LogP contribution in [0.2, 0.25) is 0 Å². The van der Waals surface area contributed by atoms with Crippen LogP contribution in [0.4, 0.5) is 22.7 Å². The maximum Gasteiger partial charge on any atom is 0.316 e. The zero-order valence-electron chi connectivity index (χ0n) is 44.1. The van der Waals surface area contributed by atoms with Gasteiger partial charge in [-0.25, -0.2) is 4.98 Å². The molecule has 0 N–H and O–H groups in total. The predicted octanol–water partition coefficient (Wildman–Crippen LogP) is 17.5. The van der Waals surface area contributed by atoms with Crippen LogP contribution in [0.1, 0.15) is 64.0 Å². The van der Waals surface area contributed by atoms with Crippen molar-refractivity contribution in [2.24, 2.45) is 23.7 Å². The van der Waals surface area contributed by atoms with E-state index >= 15 is 0 Å². The summed E-state index contributed by atoms with van der Waals surface area (Å²) in [7, 11) is 0. The maximum atomic E-state index is 7.19. The fourth-order valence-corrected chi connectivity index (χ4v) is 15.3. The fourth-order valence-electron chi connectivity index (χ4n) is 15.3. The van der Waals surface area contributed by atoms with Gasteiger partial charge in [0.25, 0.3) is 0 Å². The second-order valence-corrected chi connectivity index (χ2v) is 23.7. The third kappa shape index (κ3) is 7.48. The molecular weight excluding hydrogens is 938 g/mol. The van der Waals surface area contributed by atoms with Crippen LogP contribution in [0.5, 0.6) is 11.5 Å². The van der Waals surface area contributed by atoms with Gasteiger partial charge in [-0.1, -0.05) is 154 Å². The molecule has 0 radical (unpaired) electrons. The molecule has 4 saturated carbocycles. The SMILES string of the molecule is CC(C)(C)c1cc(Oc2ccc3c4ccccc4n(-c4cc(C5(C6=CC=CN7C=CC=CB67)C6CC7CC(C6)CC5C7)ccn4)c3c2)cc(N2CN(c3c(-c4ccccc4)cccc3-c3ccccc3)c3ccccc32)c1. The lowest BCUT2D eigenvalue weighted by Crippen LogP contribution is -2.60. The number of nitrogens with zero attached hydrogens (tertiary/aromatic N) is 5. The summed E-state index contributed by atoms with van der Waals surface area (Å²) in [6, 6.07) is 64.4. The van der Waals surface area contributed by atoms with Crippen molar-refractivity contribution in [3.63, 3.8) is 0 Å². The molecule has 0 unspecified atom stereocenters. The van der Waals surface area contributed by atoms with Gasteiger partial charge in [-0.05, 0) is 163 Å². The van der Waals surface area contributed by atoms with Crippen LogP contribution in [0, 0.1) is 23.7 Å². The smallest absolute Gasteiger partial charge is 0.316 e. The summed E-state index contributed by atoms with van der Waals surface area (Å²) in [6.45, 7) is 7.72. The monoisotopic (exact) mass is 1000 g/mol. The molecule has 9 aromatic rings. The van der Waals surface area contributed by atoms with Gasteiger partial charge in [0, 0.05) is 51.3 Å². The van der Waals surface area contributed by atoms with Crippen molar-refractivity contribution in [2.75, 3.05) is 16.5 Å². The lowest BCUT2D eigenvalue weighted by Gasteiger charge is -2.63. The standard InChI is InChI=1S/C70H62BN5O/c1-69(2,3)52-41-55(74-46-75(64-27-13-12-26-63(64)74)68-58(49-18-6-4-7-19-49)23-16-24-59(68)50-20-8-5-9-21-50)44-57(42-52)77-56-29-30-61-60-22-10-11-25-62(60)76(65(61)45-56)67-43-51(31-33-72-67)70(53-37-47-36-48(39-53)40-54(70)38-47)66-28-17-35-73-34-15-14-32-71(66)73/h4-35,41-45,47-48,53-54H,36-40,46H2,1-3H3. The molecule has 4 fully saturated rings. The first-order chi connectivity index (χ1) is 37.8. The summed E-state index contributed by atoms with van der Waals surface area (Å²) < 4.78 is 9.59. The van der Waals surface area contributed by atoms with E-state index in [9.17, 15) is 0 Å². The average Bonchev–Trinajstić information content (AvgIpc) is 4.03. The predicted molar refractivity (Wildman–Crippen MR) is 319 cm³/mol. The number of benzene rings is 7. The van der Waals surface area contributed by atoms with E-state index in [2.05, 4.69) is 265 Å². The number of ether oxygens (including phenoxy) is 1. The second-order valence-electron chi connectivity index (χ2n) is 23.7. The normalized spacial score (nSPS) is 22.0. The van der Waals surface area contributed by atoms with Crippen LogP contribution in [0.15, 0.2) is 230 Å². The quantitative estimate of drug-likeness (QED) is 0.135. The number of pyridine rings is 1. The minimum absolute atomic E-state index is 0.0700. The molecule has 0 spiro atoms. The Hall–Kier alpha value is -8.29. The fraction of sp³-hybridized carbons (Fsp3) is 0.214. The van der Waals surface area contributed by atoms with E-state index in [0.29, 0.717) is 18.5 Å². The van der Waals surface area contributed by atoms with Gasteiger partial charge in [0.05, 0.1) is 28.1 Å². The highest BCUT2D eigenvalue weighted by Gasteiger charge is 2.61. The number of hydrogen-bond acceptors (Lipinski definition) is 5. The molecule has 7 aliphatic rings. The Kier molecular flexibility index (Phi) is 10.7. The van der Waals surface area contributed by atoms with Crippen molar-refractivity contribution >= 4 is 51.4 Å². The Morgan fingerprint density at radius 3 is 1.96 bits per heavy atom. The molecule has 16 rings (SSSR count). The summed E-state index contributed by atoms with van der Waals surface area (Å²) in [6.07, 6.45) is 22.5. The lowest BCUT2D eigenvalue weighted by molar-refractivity contribution is -0.0411. The van der Waals surface area contributed by atoms with Crippen molar-refractivity contribution in [1.29, 1.82) is 0 Å². The highest BCUT2D eigenvalue weighted by atomic mass is 16.5. The van der Waals surface area contributed by atoms with Gasteiger partial charge in [-0.3, -0.25) is 4.57 Å². The average molecular weight is 1000 g/mol. The third-order valence-corrected chi connectivity index (χ3v) is 18.4. The zero-order valence-corrected chi connectivity index (χ0v) is 44.1. The van der Waals surface area contributed by atoms with Crippen LogP contribution < -0.4 is 14.5 Å². The Morgan fingerprint density at radius 2 is 1.23 bits per heavy atom. The Morgan fingerprint density at radius 1 is 0.571 bits per heavy atom. The van der Waals surface area contributed by atoms with Crippen LogP contribution in [0.25, 0.3) is 49.9 Å². The largest absolute Gasteiger partial charge is 0.457 e. The number of rotatable bonds is 9. The summed E-state index contributed by atoms with van der Waals surface area (Å²) in [4.78, 5) is 12.7. The van der Waals surface area contributed by atoms with Gasteiger partial charge in [0.2, 0.25) is 0 Å². The molecule has 376 valence electrons. The highest BCUT2D eigenvalue weighted by molar-refractivity contribution is 6.70. The van der Waals surface area contributed by atoms with Crippen molar-refractivity contribution in [3.8, 4) is 39.6 Å². The number of allylic oxidation sites excluding steroid dienone is 5. The second kappa shape index (κ2) is 17.9. The number of fused-ring (bicyclic) bond motifs is 5. The molecule has 0 atom stereocenters. The topological polar surface area (TPSA) is 36.8 Å². The molecular formula is C70H62BN5O. The summed E-state index contributed by atoms with van der Waals surface area (Å²) in [5, 5.41) is 2.39. The summed E-state index contributed by atoms with van der Waals surface area (Å²) >= 11 is 0. The number of hydrogen-bond donors (Lipinski definition) is 0. The molecule has 4 aliphatic carbocycles. The molecule has 0 amide bonds. The van der Waals surface area contributed by atoms with E-state index < -0.39 is 0 Å². The molecule has 77 heavy (non-hydrogen) atoms. The highest BCUT2D eigenvalue weighted by Crippen LogP contribution is 2.66. The zero-order chi connectivity index (χ0) is 51.4. The van der Waals surface area contributed by atoms with Crippen molar-refractivity contribution in [2.45, 2.75) is 63.7 Å². The van der Waals surface area contributed by atoms with Crippen LogP contribution >= 0.6 is 0 Å². The molecule has 2 aromatic heterocycles. The van der Waals surface area contributed by atoms with Crippen LogP contribution in [-0.4, -0.2) is 27.9 Å². The van der Waals surface area contributed by atoms with Gasteiger partial charge >= 0.3 is 6.85 Å². The molecule has 5 heterocycles. The molecule has 0 saturated heterocycles. The van der Waals surface area contributed by atoms with E-state index in [4.69, 9.17) is 9.72 Å². The van der Waals surface area contributed by atoms with E-state index in [1.807, 2.05) is 0 Å². The minimum Gasteiger partial charge on any atom is -0.457 e. The molecule has 3 aliphatic heterocycles. The van der Waals surface area contributed by atoms with E-state index in [1.54, 1.807) is 5.47 Å². The molecule has 4 bridgehead atoms. The maximum absolute atomic E-state index is 7.19. The first-order valence-electron chi connectivity index (χ1n) is 28.0. The van der Waals surface area contributed by atoms with Gasteiger partial charge in [0.15, 0.2) is 0 Å². The van der Waals surface area contributed by atoms with E-state index in [0.717, 1.165) is 51.6 Å². The van der Waals surface area contributed by atoms with E-state index in [1.165, 1.54) is 87.6 Å². The number of aromatic nitrogens is 2. The van der Waals surface area contributed by atoms with Crippen molar-refractivity contribution in [3.05, 3.63) is 241 Å². The van der Waals surface area contributed by atoms with Crippen molar-refractivity contribution < 1.29 is 4.74 Å². The van der Waals surface area contributed by atoms with Crippen molar-refractivity contribution in [1.82, 2.24) is 14.4 Å². The number of anilines is 4. The van der Waals surface area contributed by atoms with Gasteiger partial charge < -0.3 is 19.3 Å². The Labute approximate surface area is 453 Å². The Bertz CT molecular complexity index is 3830. The van der Waals surface area contributed by atoms with Gasteiger partial charge in [-0.2, -0.15) is 0 Å². The third-order valence-electron chi connectivity index (χ3n) is 18.4. The lowest BCUT2D eigenvalue weighted by atomic mass is 9.33. The molecule has 7 heteroatoms. The Balaban J connectivity index is 0.832. The summed E-state index contributed by atoms with van der Waals surface area (Å²) in [5.74, 6) is 7.87. The summed E-state index contributed by atoms with van der Waals surface area (Å²) in [5.41, 5.74) is 15.6. The first kappa shape index (κ1) is 46.1. The van der Waals surface area contributed by atoms with E-state index in [-0.39, 0.29) is 17.7 Å². The van der Waals surface area contributed by atoms with Crippen LogP contribution in [-0.2, 0) is 10.8 Å².